The number of benzene rings is 2. The van der Waals surface area contributed by atoms with Gasteiger partial charge in [-0.25, -0.2) is 4.79 Å². The first-order chi connectivity index (χ1) is 18.9. The molecular weight excluding hydrogens is 534 g/mol. The number of carbonyl (C=O) groups is 3. The molecule has 1 spiro atoms. The van der Waals surface area contributed by atoms with Crippen LogP contribution in [-0.4, -0.2) is 68.7 Å². The van der Waals surface area contributed by atoms with E-state index in [2.05, 4.69) is 85.4 Å². The van der Waals surface area contributed by atoms with E-state index in [1.807, 2.05) is 0 Å². The highest BCUT2D eigenvalue weighted by atomic mass is 32.2. The number of para-hydroxylation sites is 1. The highest BCUT2D eigenvalue weighted by Crippen LogP contribution is 2.58. The van der Waals surface area contributed by atoms with Gasteiger partial charge in [-0.3, -0.25) is 14.5 Å². The van der Waals surface area contributed by atoms with E-state index in [-0.39, 0.29) is 10.3 Å². The first kappa shape index (κ1) is 29.6. The molecule has 0 saturated heterocycles. The number of nitrogens with zero attached hydrogens (tertiary/aromatic N) is 1. The highest BCUT2D eigenvalue weighted by Gasteiger charge is 2.50. The summed E-state index contributed by atoms with van der Waals surface area (Å²) in [5, 5.41) is 35.1. The summed E-state index contributed by atoms with van der Waals surface area (Å²) < 4.78 is 6.64. The van der Waals surface area contributed by atoms with Crippen LogP contribution in [0.2, 0.25) is 0 Å². The molecule has 10 heteroatoms. The van der Waals surface area contributed by atoms with E-state index >= 15 is 0 Å². The predicted octanol–water partition coefficient (Wildman–Crippen LogP) is 4.70. The van der Waals surface area contributed by atoms with Crippen LogP contribution in [0.1, 0.15) is 55.4 Å². The molecule has 2 aliphatic rings. The van der Waals surface area contributed by atoms with Crippen molar-refractivity contribution in [2.45, 2.75) is 60.8 Å². The quantitative estimate of drug-likeness (QED) is 0.315. The molecular formula is C30H35NO8S. The number of thioether (sulfide) groups is 1. The molecule has 1 saturated carbocycles. The maximum Gasteiger partial charge on any atom is 0.336 e. The van der Waals surface area contributed by atoms with Gasteiger partial charge in [0.25, 0.3) is 0 Å². The Hall–Kier alpha value is -3.34. The van der Waals surface area contributed by atoms with Crippen LogP contribution in [0.15, 0.2) is 59.0 Å². The van der Waals surface area contributed by atoms with Gasteiger partial charge in [0.15, 0.2) is 5.60 Å². The Kier molecular flexibility index (Phi) is 8.63. The lowest BCUT2D eigenvalue weighted by atomic mass is 9.70. The van der Waals surface area contributed by atoms with E-state index in [1.165, 1.54) is 53.7 Å². The fourth-order valence-electron chi connectivity index (χ4n) is 6.02. The Morgan fingerprint density at radius 2 is 1.48 bits per heavy atom. The molecule has 0 atom stereocenters. The standard InChI is InChI=1S/C24H27NOS.C6H8O7/c1-25(2)23(18-8-4-3-5-9-18)13-15-24(16-14-23)22-20(12-17-27-24)19-10-6-7-11-21(19)26-22;7-3(8)1-6(13,5(11)12)2-4(9)10/h3-11H,12-17H2,1-2H3;13H,1-2H2,(H,7,8)(H,9,10)(H,11,12). The fraction of sp³-hybridized carbons (Fsp3) is 0.433. The molecule has 2 aromatic carbocycles. The van der Waals surface area contributed by atoms with Crippen molar-refractivity contribution in [3.8, 4) is 0 Å². The molecule has 1 fully saturated rings. The minimum absolute atomic E-state index is 0.136. The van der Waals surface area contributed by atoms with Gasteiger partial charge < -0.3 is 24.8 Å². The minimum Gasteiger partial charge on any atom is -0.481 e. The maximum absolute atomic E-state index is 10.3. The first-order valence-corrected chi connectivity index (χ1v) is 14.2. The number of rotatable bonds is 7. The lowest BCUT2D eigenvalue weighted by Gasteiger charge is -2.50. The number of hydrogen-bond acceptors (Lipinski definition) is 7. The van der Waals surface area contributed by atoms with Crippen molar-refractivity contribution >= 4 is 40.6 Å². The number of furan rings is 1. The van der Waals surface area contributed by atoms with E-state index in [1.54, 1.807) is 0 Å². The monoisotopic (exact) mass is 569 g/mol. The minimum atomic E-state index is -2.74. The third kappa shape index (κ3) is 5.75. The molecule has 4 N–H and O–H groups in total. The summed E-state index contributed by atoms with van der Waals surface area (Å²) >= 11 is 2.14. The zero-order chi connectivity index (χ0) is 29.1. The van der Waals surface area contributed by atoms with E-state index in [9.17, 15) is 14.4 Å². The van der Waals surface area contributed by atoms with E-state index in [0.717, 1.165) is 12.0 Å². The molecule has 2 heterocycles. The topological polar surface area (TPSA) is 149 Å². The van der Waals surface area contributed by atoms with Gasteiger partial charge in [-0.1, -0.05) is 48.5 Å². The van der Waals surface area contributed by atoms with Gasteiger partial charge in [0.05, 0.1) is 17.6 Å². The Morgan fingerprint density at radius 3 is 2.02 bits per heavy atom. The van der Waals surface area contributed by atoms with Crippen molar-refractivity contribution in [2.75, 3.05) is 19.8 Å². The molecule has 0 amide bonds. The zero-order valence-electron chi connectivity index (χ0n) is 22.6. The van der Waals surface area contributed by atoms with Crippen LogP contribution < -0.4 is 0 Å². The SMILES string of the molecule is CN(C)C1(c2ccccc2)CCC2(CC1)SCCc1c2oc2ccccc12.O=C(O)CC(O)(CC(=O)O)C(=O)O. The summed E-state index contributed by atoms with van der Waals surface area (Å²) in [6, 6.07) is 19.7. The smallest absolute Gasteiger partial charge is 0.336 e. The van der Waals surface area contributed by atoms with Gasteiger partial charge in [-0.05, 0) is 63.6 Å². The number of aliphatic carboxylic acids is 3. The summed E-state index contributed by atoms with van der Waals surface area (Å²) in [6.07, 6.45) is 3.55. The molecule has 1 aliphatic heterocycles. The second-order valence-electron chi connectivity index (χ2n) is 10.8. The molecule has 0 radical (unpaired) electrons. The predicted molar refractivity (Wildman–Crippen MR) is 151 cm³/mol. The van der Waals surface area contributed by atoms with Crippen LogP contribution in [-0.2, 0) is 31.1 Å². The first-order valence-electron chi connectivity index (χ1n) is 13.2. The van der Waals surface area contributed by atoms with Crippen LogP contribution in [0.5, 0.6) is 0 Å². The summed E-state index contributed by atoms with van der Waals surface area (Å²) in [7, 11) is 4.48. The maximum atomic E-state index is 10.3. The Bertz CT molecular complexity index is 1360. The molecule has 9 nitrogen and oxygen atoms in total. The number of carboxylic acids is 3. The van der Waals surface area contributed by atoms with Crippen LogP contribution in [0, 0.1) is 0 Å². The van der Waals surface area contributed by atoms with Crippen LogP contribution in [0.25, 0.3) is 11.0 Å². The van der Waals surface area contributed by atoms with E-state index in [0.29, 0.717) is 0 Å². The lowest BCUT2D eigenvalue weighted by molar-refractivity contribution is -0.170. The van der Waals surface area contributed by atoms with Crippen LogP contribution in [0.4, 0.5) is 0 Å². The third-order valence-corrected chi connectivity index (χ3v) is 9.73. The van der Waals surface area contributed by atoms with Crippen molar-refractivity contribution in [1.29, 1.82) is 0 Å². The Labute approximate surface area is 236 Å². The van der Waals surface area contributed by atoms with Crippen LogP contribution in [0.3, 0.4) is 0 Å². The Balaban J connectivity index is 0.000000243. The molecule has 1 aromatic heterocycles. The van der Waals surface area contributed by atoms with Crippen molar-refractivity contribution < 1.29 is 39.2 Å². The van der Waals surface area contributed by atoms with Crippen molar-refractivity contribution in [3.63, 3.8) is 0 Å². The largest absolute Gasteiger partial charge is 0.481 e. The number of fused-ring (bicyclic) bond motifs is 4. The summed E-state index contributed by atoms with van der Waals surface area (Å²) in [4.78, 5) is 32.9. The van der Waals surface area contributed by atoms with Crippen molar-refractivity contribution in [1.82, 2.24) is 4.90 Å². The van der Waals surface area contributed by atoms with Gasteiger partial charge in [0, 0.05) is 16.5 Å². The average Bonchev–Trinajstić information content (AvgIpc) is 3.29. The molecule has 5 rings (SSSR count). The number of hydrogen-bond donors (Lipinski definition) is 4. The second kappa shape index (κ2) is 11.6. The highest BCUT2D eigenvalue weighted by molar-refractivity contribution is 8.00. The molecule has 3 aromatic rings. The lowest BCUT2D eigenvalue weighted by Crippen LogP contribution is -2.47. The van der Waals surface area contributed by atoms with Gasteiger partial charge in [0.1, 0.15) is 11.3 Å². The van der Waals surface area contributed by atoms with Crippen molar-refractivity contribution in [3.05, 3.63) is 71.5 Å². The fourth-order valence-corrected chi connectivity index (χ4v) is 7.51. The van der Waals surface area contributed by atoms with Crippen molar-refractivity contribution in [2.24, 2.45) is 0 Å². The molecule has 40 heavy (non-hydrogen) atoms. The second-order valence-corrected chi connectivity index (χ2v) is 12.2. The van der Waals surface area contributed by atoms with E-state index in [4.69, 9.17) is 24.8 Å². The normalized spacial score (nSPS) is 22.4. The van der Waals surface area contributed by atoms with Crippen LogP contribution >= 0.6 is 11.8 Å². The summed E-state index contributed by atoms with van der Waals surface area (Å²) in [6.45, 7) is 0. The molecule has 214 valence electrons. The Morgan fingerprint density at radius 1 is 0.900 bits per heavy atom. The number of aryl methyl sites for hydroxylation is 1. The number of carboxylic acid groups (broad SMARTS) is 3. The third-order valence-electron chi connectivity index (χ3n) is 8.18. The average molecular weight is 570 g/mol. The zero-order valence-corrected chi connectivity index (χ0v) is 23.4. The van der Waals surface area contributed by atoms with Gasteiger partial charge in [-0.2, -0.15) is 0 Å². The molecule has 0 unspecified atom stereocenters. The summed E-state index contributed by atoms with van der Waals surface area (Å²) in [5.41, 5.74) is 1.39. The van der Waals surface area contributed by atoms with Gasteiger partial charge in [0.2, 0.25) is 0 Å². The molecule has 0 bridgehead atoms. The van der Waals surface area contributed by atoms with E-state index < -0.39 is 36.4 Å². The number of aliphatic hydroxyl groups is 1. The van der Waals surface area contributed by atoms with Gasteiger partial charge in [-0.15, -0.1) is 11.8 Å². The van der Waals surface area contributed by atoms with Gasteiger partial charge >= 0.3 is 17.9 Å². The molecule has 1 aliphatic carbocycles. The summed E-state index contributed by atoms with van der Waals surface area (Å²) in [5.74, 6) is -2.54.